The van der Waals surface area contributed by atoms with Gasteiger partial charge in [0.1, 0.15) is 0 Å². The highest BCUT2D eigenvalue weighted by Crippen LogP contribution is 2.11. The van der Waals surface area contributed by atoms with Gasteiger partial charge in [0, 0.05) is 11.8 Å². The van der Waals surface area contributed by atoms with E-state index in [9.17, 15) is 4.79 Å². The fourth-order valence-electron chi connectivity index (χ4n) is 1.55. The summed E-state index contributed by atoms with van der Waals surface area (Å²) in [4.78, 5) is 11.1. The molecular weight excluding hydrogens is 230 g/mol. The molecule has 2 rings (SSSR count). The molecule has 1 heterocycles. The van der Waals surface area contributed by atoms with Gasteiger partial charge in [-0.05, 0) is 18.2 Å². The Morgan fingerprint density at radius 2 is 2.39 bits per heavy atom. The van der Waals surface area contributed by atoms with Crippen molar-refractivity contribution < 1.29 is 9.53 Å². The van der Waals surface area contributed by atoms with Crippen molar-refractivity contribution in [3.63, 3.8) is 0 Å². The zero-order valence-electron chi connectivity index (χ0n) is 9.83. The number of hydrogen-bond acceptors (Lipinski definition) is 4. The second kappa shape index (κ2) is 5.15. The van der Waals surface area contributed by atoms with Crippen LogP contribution in [0.3, 0.4) is 0 Å². The van der Waals surface area contributed by atoms with Crippen molar-refractivity contribution in [3.05, 3.63) is 47.8 Å². The second-order valence-electron chi connectivity index (χ2n) is 3.71. The third kappa shape index (κ3) is 2.55. The van der Waals surface area contributed by atoms with Crippen molar-refractivity contribution >= 4 is 5.97 Å². The second-order valence-corrected chi connectivity index (χ2v) is 3.71. The molecule has 0 bridgehead atoms. The third-order valence-electron chi connectivity index (χ3n) is 2.45. The largest absolute Gasteiger partial charge is 0.469 e. The van der Waals surface area contributed by atoms with Gasteiger partial charge < -0.3 is 4.74 Å². The summed E-state index contributed by atoms with van der Waals surface area (Å²) in [6.07, 6.45) is 3.54. The Balaban J connectivity index is 2.24. The fraction of sp³-hybridized carbons (Fsp3) is 0.154. The average molecular weight is 241 g/mol. The van der Waals surface area contributed by atoms with Crippen molar-refractivity contribution in [2.24, 2.45) is 0 Å². The van der Waals surface area contributed by atoms with Crippen LogP contribution in [0, 0.1) is 11.3 Å². The Morgan fingerprint density at radius 3 is 3.11 bits per heavy atom. The van der Waals surface area contributed by atoms with Crippen LogP contribution in [0.2, 0.25) is 0 Å². The minimum atomic E-state index is -0.305. The molecule has 1 aromatic carbocycles. The maximum absolute atomic E-state index is 11.1. The smallest absolute Gasteiger partial charge is 0.310 e. The van der Waals surface area contributed by atoms with E-state index in [4.69, 9.17) is 5.26 Å². The van der Waals surface area contributed by atoms with Crippen LogP contribution in [-0.4, -0.2) is 22.9 Å². The van der Waals surface area contributed by atoms with Gasteiger partial charge in [-0.25, -0.2) is 4.68 Å². The lowest BCUT2D eigenvalue weighted by Crippen LogP contribution is -2.03. The number of carbonyl (C=O) groups is 1. The van der Waals surface area contributed by atoms with E-state index in [0.29, 0.717) is 5.56 Å². The monoisotopic (exact) mass is 241 g/mol. The standard InChI is InChI=1S/C13H11N3O2/c1-18-13(17)6-11-8-15-16(9-11)12-4-2-3-10(5-12)7-14/h2-5,8-9H,6H2,1H3. The highest BCUT2D eigenvalue weighted by Gasteiger charge is 2.06. The van der Waals surface area contributed by atoms with Gasteiger partial charge in [0.05, 0.1) is 37.0 Å². The number of methoxy groups -OCH3 is 1. The minimum absolute atomic E-state index is 0.189. The van der Waals surface area contributed by atoms with Gasteiger partial charge in [0.25, 0.3) is 0 Å². The van der Waals surface area contributed by atoms with Crippen LogP contribution in [0.25, 0.3) is 5.69 Å². The number of carbonyl (C=O) groups excluding carboxylic acids is 1. The van der Waals surface area contributed by atoms with E-state index < -0.39 is 0 Å². The normalized spacial score (nSPS) is 9.78. The number of nitriles is 1. The first-order valence-electron chi connectivity index (χ1n) is 5.34. The van der Waals surface area contributed by atoms with Crippen molar-refractivity contribution in [1.29, 1.82) is 5.26 Å². The molecule has 0 aliphatic carbocycles. The molecule has 5 heteroatoms. The van der Waals surface area contributed by atoms with Crippen LogP contribution in [0.4, 0.5) is 0 Å². The quantitative estimate of drug-likeness (QED) is 0.763. The van der Waals surface area contributed by atoms with Crippen LogP contribution in [0.5, 0.6) is 0 Å². The van der Waals surface area contributed by atoms with Gasteiger partial charge in [-0.3, -0.25) is 4.79 Å². The summed E-state index contributed by atoms with van der Waals surface area (Å²) in [6, 6.07) is 9.16. The Labute approximate surface area is 104 Å². The Kier molecular flexibility index (Phi) is 3.39. The van der Waals surface area contributed by atoms with Crippen molar-refractivity contribution in [1.82, 2.24) is 9.78 Å². The first kappa shape index (κ1) is 11.9. The number of nitrogens with zero attached hydrogens (tertiary/aromatic N) is 3. The third-order valence-corrected chi connectivity index (χ3v) is 2.45. The van der Waals surface area contributed by atoms with E-state index in [2.05, 4.69) is 15.9 Å². The summed E-state index contributed by atoms with van der Waals surface area (Å²) in [6.45, 7) is 0. The van der Waals surface area contributed by atoms with Gasteiger partial charge >= 0.3 is 5.97 Å². The predicted molar refractivity (Wildman–Crippen MR) is 64.0 cm³/mol. The maximum Gasteiger partial charge on any atom is 0.310 e. The lowest BCUT2D eigenvalue weighted by Gasteiger charge is -2.00. The molecular formula is C13H11N3O2. The van der Waals surface area contributed by atoms with Crippen LogP contribution >= 0.6 is 0 Å². The maximum atomic E-state index is 11.1. The van der Waals surface area contributed by atoms with Gasteiger partial charge in [0.2, 0.25) is 0 Å². The van der Waals surface area contributed by atoms with Crippen LogP contribution in [0.1, 0.15) is 11.1 Å². The molecule has 0 amide bonds. The highest BCUT2D eigenvalue weighted by atomic mass is 16.5. The predicted octanol–water partition coefficient (Wildman–Crippen LogP) is 1.46. The number of esters is 1. The molecule has 0 spiro atoms. The molecule has 0 saturated carbocycles. The fourth-order valence-corrected chi connectivity index (χ4v) is 1.55. The summed E-state index contributed by atoms with van der Waals surface area (Å²) < 4.78 is 6.21. The molecule has 18 heavy (non-hydrogen) atoms. The van der Waals surface area contributed by atoms with E-state index in [1.165, 1.54) is 7.11 Å². The molecule has 5 nitrogen and oxygen atoms in total. The molecule has 0 saturated heterocycles. The number of ether oxygens (including phenoxy) is 1. The lowest BCUT2D eigenvalue weighted by atomic mass is 10.2. The van der Waals surface area contributed by atoms with Gasteiger partial charge in [-0.2, -0.15) is 10.4 Å². The molecule has 90 valence electrons. The van der Waals surface area contributed by atoms with Crippen molar-refractivity contribution in [2.45, 2.75) is 6.42 Å². The SMILES string of the molecule is COC(=O)Cc1cnn(-c2cccc(C#N)c2)c1. The number of benzene rings is 1. The minimum Gasteiger partial charge on any atom is -0.469 e. The molecule has 0 N–H and O–H groups in total. The zero-order valence-corrected chi connectivity index (χ0v) is 9.83. The van der Waals surface area contributed by atoms with Crippen molar-refractivity contribution in [2.75, 3.05) is 7.11 Å². The molecule has 1 aromatic heterocycles. The topological polar surface area (TPSA) is 67.9 Å². The number of aromatic nitrogens is 2. The van der Waals surface area contributed by atoms with Crippen LogP contribution < -0.4 is 0 Å². The van der Waals surface area contributed by atoms with Gasteiger partial charge in [-0.1, -0.05) is 6.07 Å². The van der Waals surface area contributed by atoms with Crippen LogP contribution in [-0.2, 0) is 16.0 Å². The van der Waals surface area contributed by atoms with E-state index in [-0.39, 0.29) is 12.4 Å². The highest BCUT2D eigenvalue weighted by molar-refractivity contribution is 5.72. The average Bonchev–Trinajstić information content (AvgIpc) is 2.87. The lowest BCUT2D eigenvalue weighted by molar-refractivity contribution is -0.139. The summed E-state index contributed by atoms with van der Waals surface area (Å²) in [5.74, 6) is -0.305. The molecule has 0 aliphatic rings. The zero-order chi connectivity index (χ0) is 13.0. The van der Waals surface area contributed by atoms with E-state index in [0.717, 1.165) is 11.3 Å². The molecule has 0 atom stereocenters. The summed E-state index contributed by atoms with van der Waals surface area (Å²) >= 11 is 0. The summed E-state index contributed by atoms with van der Waals surface area (Å²) in [5, 5.41) is 13.0. The summed E-state index contributed by atoms with van der Waals surface area (Å²) in [7, 11) is 1.35. The Hall–Kier alpha value is -2.61. The number of rotatable bonds is 3. The first-order chi connectivity index (χ1) is 8.72. The molecule has 0 fully saturated rings. The Morgan fingerprint density at radius 1 is 1.56 bits per heavy atom. The Bertz CT molecular complexity index is 611. The van der Waals surface area contributed by atoms with E-state index in [1.807, 2.05) is 6.07 Å². The molecule has 0 unspecified atom stereocenters. The number of hydrogen-bond donors (Lipinski definition) is 0. The summed E-state index contributed by atoms with van der Waals surface area (Å²) in [5.41, 5.74) is 2.12. The van der Waals surface area contributed by atoms with Gasteiger partial charge in [0.15, 0.2) is 0 Å². The molecule has 0 radical (unpaired) electrons. The van der Waals surface area contributed by atoms with E-state index in [1.54, 1.807) is 35.3 Å². The first-order valence-corrected chi connectivity index (χ1v) is 5.34. The van der Waals surface area contributed by atoms with Crippen molar-refractivity contribution in [3.8, 4) is 11.8 Å². The van der Waals surface area contributed by atoms with Crippen LogP contribution in [0.15, 0.2) is 36.7 Å². The molecule has 0 aliphatic heterocycles. The van der Waals surface area contributed by atoms with Gasteiger partial charge in [-0.15, -0.1) is 0 Å². The van der Waals surface area contributed by atoms with E-state index >= 15 is 0 Å². The molecule has 2 aromatic rings.